The molecule has 0 radical (unpaired) electrons. The van der Waals surface area contributed by atoms with Gasteiger partial charge in [-0.25, -0.2) is 0 Å². The number of hydrogen-bond donors (Lipinski definition) is 0. The third kappa shape index (κ3) is 38.2. The molecule has 1 fully saturated rings. The zero-order chi connectivity index (χ0) is 58.2. The van der Waals surface area contributed by atoms with Gasteiger partial charge in [-0.2, -0.15) is 0 Å². The van der Waals surface area contributed by atoms with Crippen molar-refractivity contribution in [3.8, 4) is 0 Å². The van der Waals surface area contributed by atoms with E-state index in [1.54, 1.807) is 16.8 Å². The minimum absolute atomic E-state index is 0. The third-order valence-corrected chi connectivity index (χ3v) is 14.7. The Morgan fingerprint density at radius 1 is 0.714 bits per heavy atom. The van der Waals surface area contributed by atoms with E-state index in [0.29, 0.717) is 25.7 Å². The molecule has 23 heteroatoms. The fraction of sp³-hybridized carbons (Fsp3) is 0.648. The molecule has 0 aromatic heterocycles. The molecule has 2 aromatic rings. The first kappa shape index (κ1) is 83.5. The molecule has 0 bridgehead atoms. The molecule has 3 rings (SSSR count). The number of carbonyl (C=O) groups excluding carboxylic acids is 3. The number of nitrogens with zero attached hydrogens (tertiary/aromatic N) is 2. The van der Waals surface area contributed by atoms with Gasteiger partial charge in [0.25, 0.3) is 0 Å². The summed E-state index contributed by atoms with van der Waals surface area (Å²) in [5.41, 5.74) is 4.50. The fourth-order valence-corrected chi connectivity index (χ4v) is 10.2. The Labute approximate surface area is 533 Å². The van der Waals surface area contributed by atoms with Crippen molar-refractivity contribution in [1.82, 2.24) is 9.80 Å². The van der Waals surface area contributed by atoms with E-state index in [4.69, 9.17) is 31.9 Å². The summed E-state index contributed by atoms with van der Waals surface area (Å²) in [6.07, 6.45) is 10.9. The Morgan fingerprint density at radius 3 is 1.51 bits per heavy atom. The number of amides is 2. The summed E-state index contributed by atoms with van der Waals surface area (Å²) in [5.74, 6) is 0.499. The maximum atomic E-state index is 13.2. The van der Waals surface area contributed by atoms with Crippen molar-refractivity contribution in [3.63, 3.8) is 0 Å². The van der Waals surface area contributed by atoms with Crippen molar-refractivity contribution in [3.05, 3.63) is 96.1 Å². The number of alkyl halides is 1. The molecule has 0 saturated carbocycles. The van der Waals surface area contributed by atoms with Gasteiger partial charge in [-0.1, -0.05) is 124 Å². The van der Waals surface area contributed by atoms with Gasteiger partial charge in [0.2, 0.25) is 11.8 Å². The third-order valence-electron chi connectivity index (χ3n) is 12.9. The molecule has 7 unspecified atom stereocenters. The van der Waals surface area contributed by atoms with E-state index >= 15 is 0 Å². The molecule has 1 aliphatic rings. The van der Waals surface area contributed by atoms with Crippen molar-refractivity contribution in [2.45, 2.75) is 175 Å². The second kappa shape index (κ2) is 52.6. The average molecular weight is 1680 g/mol. The van der Waals surface area contributed by atoms with E-state index < -0.39 is 0 Å². The molecule has 12 nitrogen and oxygen atoms in total. The van der Waals surface area contributed by atoms with Gasteiger partial charge in [-0.05, 0) is 119 Å². The first-order valence-corrected chi connectivity index (χ1v) is 43.9. The molecule has 77 heavy (non-hydrogen) atoms. The first-order chi connectivity index (χ1) is 36.2. The molecule has 17 atom stereocenters. The van der Waals surface area contributed by atoms with Crippen LogP contribution in [-0.4, -0.2) is 96.6 Å². The van der Waals surface area contributed by atoms with E-state index in [1.165, 1.54) is 12.0 Å². The quantitative estimate of drug-likeness (QED) is 0.0175. The summed E-state index contributed by atoms with van der Waals surface area (Å²) in [7, 11) is 17.4. The van der Waals surface area contributed by atoms with Gasteiger partial charge in [0, 0.05) is 89.2 Å². The van der Waals surface area contributed by atoms with Gasteiger partial charge in [0.15, 0.2) is 0 Å². The standard InChI is InChI=1S/C25H42NO5P3.C18H29NO4P2.C9H19OP.CH3I.CH4.3HI.V/c1-17-15-21(11-8-14-28-32)29-23(17)13-12-22(30-33)16-18(2)25(27)26(4)19(3)24(31-34)20-9-6-5-7-10-20;1-13(12-16(22-24)10-7-11-20)18(21)19(3)14(2)17(23-25)15-8-5-4-6-9-15;1-8(2)7-9(3)5-4-6-10-11;1-2;;;;;/h5-7,9-10,18-19,21-24H,1,8,11-16,32-34H2,2-4H3;4-6,8-9,11,13-14,16-17H,7,10,12,24-25H2,1-3H3;9H,1,4-7,11H2,2-3H3;1H3;1H4;3*1H;/q;;;;;;;;+3/p-3/t18-,19-,21+,22-,23?,24+;13-,14-,16-,17+;9-;;;;;;/m111....../s1. The van der Waals surface area contributed by atoms with Crippen molar-refractivity contribution < 1.29 is 51.2 Å². The Morgan fingerprint density at radius 2 is 1.13 bits per heavy atom. The first-order valence-electron chi connectivity index (χ1n) is 25.4. The maximum absolute atomic E-state index is 13.2. The van der Waals surface area contributed by atoms with Gasteiger partial charge >= 0.3 is 64.9 Å². The molecular weight excluding hydrogens is 1580 g/mol. The average Bonchev–Trinajstić information content (AvgIpc) is 3.77. The number of hydrogen-bond acceptors (Lipinski definition) is 10. The fourth-order valence-electron chi connectivity index (χ4n) is 8.64. The molecule has 0 aliphatic carbocycles. The number of halogens is 4. The predicted molar refractivity (Wildman–Crippen MR) is 375 cm³/mol. The SMILES string of the molecule is C.C=C(C)C[C@H](C)CCCOP.C=C1C[C@H](CCCOP)OC1CC[C@H](C[C@@H](C)C(=O)N(C)[C@H](C)[C@H](OP)c1ccccc1)OP.CI.C[C@H](C[C@@H](CCC=O)OP)C(=O)N(C)[C@H](C)[C@H](OP)c1ccccc1.[I][V]([I])[I]. The van der Waals surface area contributed by atoms with Gasteiger partial charge in [0.1, 0.15) is 18.5 Å². The van der Waals surface area contributed by atoms with Crippen molar-refractivity contribution in [1.29, 1.82) is 0 Å². The van der Waals surface area contributed by atoms with Gasteiger partial charge in [0.05, 0.1) is 49.7 Å². The van der Waals surface area contributed by atoms with Crippen LogP contribution >= 0.6 is 139 Å². The number of benzene rings is 2. The summed E-state index contributed by atoms with van der Waals surface area (Å²) in [4.78, 5) is 41.8. The molecule has 0 N–H and O–H groups in total. The number of likely N-dealkylation sites (N-methyl/N-ethyl adjacent to an activating group) is 2. The van der Waals surface area contributed by atoms with Crippen LogP contribution in [0.3, 0.4) is 0 Å². The second-order valence-corrected chi connectivity index (χ2v) is 56.1. The molecule has 2 amide bonds. The molecule has 1 aliphatic heterocycles. The Balaban J connectivity index is -0.00000111. The molecule has 446 valence electrons. The Hall–Kier alpha value is 2.33. The van der Waals surface area contributed by atoms with Crippen LogP contribution in [-0.2, 0) is 51.2 Å². The van der Waals surface area contributed by atoms with Crippen LogP contribution in [0.5, 0.6) is 0 Å². The number of ether oxygens (including phenoxy) is 1. The van der Waals surface area contributed by atoms with Crippen molar-refractivity contribution in [2.75, 3.05) is 32.2 Å². The predicted octanol–water partition coefficient (Wildman–Crippen LogP) is 16.7. The zero-order valence-corrected chi connectivity index (χ0v) is 63.4. The summed E-state index contributed by atoms with van der Waals surface area (Å²) >= 11 is 9.54. The van der Waals surface area contributed by atoms with E-state index in [2.05, 4.69) is 166 Å². The monoisotopic (exact) mass is 1680 g/mol. The Bertz CT molecular complexity index is 1820. The number of carbonyl (C=O) groups is 3. The topological polar surface area (TPSA) is 122 Å². The number of aldehydes is 1. The summed E-state index contributed by atoms with van der Waals surface area (Å²) in [6, 6.07) is 19.6. The zero-order valence-electron chi connectivity index (χ0n) is 46.4. The summed E-state index contributed by atoms with van der Waals surface area (Å²) < 4.78 is 38.3. The van der Waals surface area contributed by atoms with Crippen LogP contribution in [0.4, 0.5) is 0 Å². The van der Waals surface area contributed by atoms with E-state index in [1.807, 2.05) is 100 Å². The Kier molecular flexibility index (Phi) is 57.1. The van der Waals surface area contributed by atoms with Crippen LogP contribution in [0.15, 0.2) is 85.0 Å². The van der Waals surface area contributed by atoms with Crippen LogP contribution in [0, 0.1) is 17.8 Å². The van der Waals surface area contributed by atoms with Crippen molar-refractivity contribution in [2.24, 2.45) is 17.8 Å². The normalized spacial score (nSPS) is 17.2. The van der Waals surface area contributed by atoms with Crippen LogP contribution in [0.2, 0.25) is 0 Å². The van der Waals surface area contributed by atoms with Gasteiger partial charge < -0.3 is 46.5 Å². The van der Waals surface area contributed by atoms with Crippen LogP contribution in [0.25, 0.3) is 0 Å². The van der Waals surface area contributed by atoms with Crippen molar-refractivity contribution >= 4 is 157 Å². The van der Waals surface area contributed by atoms with E-state index in [-0.39, 0.29) is 84.7 Å². The molecule has 1 heterocycles. The molecular formula is C54H97I4N2O10P6V. The molecule has 2 aromatic carbocycles. The van der Waals surface area contributed by atoms with Crippen LogP contribution < -0.4 is 0 Å². The summed E-state index contributed by atoms with van der Waals surface area (Å²) in [6.45, 7) is 21.9. The molecule has 1 saturated heterocycles. The van der Waals surface area contributed by atoms with Gasteiger partial charge in [-0.15, -0.1) is 6.58 Å². The second-order valence-electron chi connectivity index (χ2n) is 19.0. The number of rotatable bonds is 32. The van der Waals surface area contributed by atoms with Gasteiger partial charge in [-0.3, -0.25) is 9.59 Å². The minimum atomic E-state index is -0.278. The van der Waals surface area contributed by atoms with Crippen LogP contribution in [0.1, 0.15) is 149 Å². The number of allylic oxidation sites excluding steroid dienone is 1. The molecule has 0 spiro atoms. The van der Waals surface area contributed by atoms with E-state index in [9.17, 15) is 14.4 Å². The van der Waals surface area contributed by atoms with E-state index in [0.717, 1.165) is 87.1 Å². The summed E-state index contributed by atoms with van der Waals surface area (Å²) in [5, 5.41) is 0.